The van der Waals surface area contributed by atoms with E-state index in [0.29, 0.717) is 17.9 Å². The van der Waals surface area contributed by atoms with E-state index in [1.807, 2.05) is 32.0 Å². The Balaban J connectivity index is 1.61. The van der Waals surface area contributed by atoms with Crippen LogP contribution < -0.4 is 14.8 Å². The van der Waals surface area contributed by atoms with Crippen molar-refractivity contribution in [2.24, 2.45) is 0 Å². The van der Waals surface area contributed by atoms with Crippen molar-refractivity contribution in [2.75, 3.05) is 13.3 Å². The minimum absolute atomic E-state index is 0.137. The van der Waals surface area contributed by atoms with E-state index in [0.717, 1.165) is 11.3 Å². The average molecular weight is 355 g/mol. The molecule has 0 radical (unpaired) electrons. The van der Waals surface area contributed by atoms with E-state index < -0.39 is 5.97 Å². The third-order valence-electron chi connectivity index (χ3n) is 4.42. The molecule has 1 aliphatic rings. The van der Waals surface area contributed by atoms with Crippen molar-refractivity contribution in [3.05, 3.63) is 59.2 Å². The molecule has 0 aromatic heterocycles. The summed E-state index contributed by atoms with van der Waals surface area (Å²) in [7, 11) is 0. The first-order valence-corrected chi connectivity index (χ1v) is 8.34. The molecule has 136 valence electrons. The second-order valence-corrected chi connectivity index (χ2v) is 6.91. The van der Waals surface area contributed by atoms with Crippen LogP contribution in [0.5, 0.6) is 11.5 Å². The first kappa shape index (κ1) is 17.8. The largest absolute Gasteiger partial charge is 0.478 e. The molecule has 2 aromatic rings. The molecule has 0 unspecified atom stereocenters. The van der Waals surface area contributed by atoms with Crippen LogP contribution in [0.4, 0.5) is 0 Å². The standard InChI is InChI=1S/C20H21NO5/c1-20(2,15-6-7-16-17(10-15)26-12-25-16)11-21-18(22)9-13-4-3-5-14(8-13)19(23)24/h3-8,10H,9,11-12H2,1-2H3,(H,21,22)(H,23,24). The van der Waals surface area contributed by atoms with Crippen LogP contribution in [-0.4, -0.2) is 30.3 Å². The number of carboxylic acids is 1. The Morgan fingerprint density at radius 3 is 2.65 bits per heavy atom. The van der Waals surface area contributed by atoms with Crippen LogP contribution in [-0.2, 0) is 16.6 Å². The van der Waals surface area contributed by atoms with Gasteiger partial charge in [-0.05, 0) is 35.4 Å². The fraction of sp³-hybridized carbons (Fsp3) is 0.300. The zero-order chi connectivity index (χ0) is 18.7. The van der Waals surface area contributed by atoms with Crippen LogP contribution in [0, 0.1) is 0 Å². The molecular weight excluding hydrogens is 334 g/mol. The van der Waals surface area contributed by atoms with E-state index in [-0.39, 0.29) is 30.1 Å². The van der Waals surface area contributed by atoms with Crippen LogP contribution in [0.25, 0.3) is 0 Å². The number of carbonyl (C=O) groups is 2. The Labute approximate surface area is 151 Å². The second-order valence-electron chi connectivity index (χ2n) is 6.91. The van der Waals surface area contributed by atoms with Crippen LogP contribution in [0.2, 0.25) is 0 Å². The number of fused-ring (bicyclic) bond motifs is 1. The number of ether oxygens (including phenoxy) is 2. The summed E-state index contributed by atoms with van der Waals surface area (Å²) in [5.41, 5.74) is 1.59. The summed E-state index contributed by atoms with van der Waals surface area (Å²) in [6, 6.07) is 12.2. The Morgan fingerprint density at radius 2 is 1.88 bits per heavy atom. The molecule has 6 nitrogen and oxygen atoms in total. The number of carbonyl (C=O) groups excluding carboxylic acids is 1. The zero-order valence-electron chi connectivity index (χ0n) is 14.7. The first-order valence-electron chi connectivity index (χ1n) is 8.34. The lowest BCUT2D eigenvalue weighted by atomic mass is 9.84. The highest BCUT2D eigenvalue weighted by molar-refractivity contribution is 5.88. The Kier molecular flexibility index (Phi) is 4.84. The summed E-state index contributed by atoms with van der Waals surface area (Å²) in [4.78, 5) is 23.3. The van der Waals surface area contributed by atoms with Crippen molar-refractivity contribution in [3.8, 4) is 11.5 Å². The van der Waals surface area contributed by atoms with Crippen molar-refractivity contribution in [1.29, 1.82) is 0 Å². The van der Waals surface area contributed by atoms with Gasteiger partial charge in [-0.2, -0.15) is 0 Å². The predicted octanol–water partition coefficient (Wildman–Crippen LogP) is 2.75. The fourth-order valence-electron chi connectivity index (χ4n) is 2.80. The van der Waals surface area contributed by atoms with Gasteiger partial charge in [0.1, 0.15) is 0 Å². The summed E-state index contributed by atoms with van der Waals surface area (Å²) in [5, 5.41) is 12.0. The lowest BCUT2D eigenvalue weighted by Crippen LogP contribution is -2.37. The maximum Gasteiger partial charge on any atom is 0.335 e. The van der Waals surface area contributed by atoms with Crippen molar-refractivity contribution in [2.45, 2.75) is 25.7 Å². The van der Waals surface area contributed by atoms with Gasteiger partial charge in [-0.25, -0.2) is 4.79 Å². The molecule has 0 aliphatic carbocycles. The van der Waals surface area contributed by atoms with Crippen molar-refractivity contribution in [1.82, 2.24) is 5.32 Å². The predicted molar refractivity (Wildman–Crippen MR) is 95.7 cm³/mol. The van der Waals surface area contributed by atoms with Crippen LogP contribution in [0.3, 0.4) is 0 Å². The van der Waals surface area contributed by atoms with Gasteiger partial charge in [0.15, 0.2) is 11.5 Å². The number of hydrogen-bond acceptors (Lipinski definition) is 4. The number of carboxylic acid groups (broad SMARTS) is 1. The van der Waals surface area contributed by atoms with E-state index >= 15 is 0 Å². The summed E-state index contributed by atoms with van der Waals surface area (Å²) < 4.78 is 10.7. The highest BCUT2D eigenvalue weighted by Gasteiger charge is 2.24. The molecule has 1 heterocycles. The molecule has 0 atom stereocenters. The maximum atomic E-state index is 12.3. The number of hydrogen-bond donors (Lipinski definition) is 2. The van der Waals surface area contributed by atoms with Crippen molar-refractivity contribution >= 4 is 11.9 Å². The number of amides is 1. The van der Waals surface area contributed by atoms with Gasteiger partial charge in [0, 0.05) is 12.0 Å². The summed E-state index contributed by atoms with van der Waals surface area (Å²) in [6.07, 6.45) is 0.137. The zero-order valence-corrected chi connectivity index (χ0v) is 14.7. The molecular formula is C20H21NO5. The monoisotopic (exact) mass is 355 g/mol. The highest BCUT2D eigenvalue weighted by Crippen LogP contribution is 2.36. The SMILES string of the molecule is CC(C)(CNC(=O)Cc1cccc(C(=O)O)c1)c1ccc2c(c1)OCO2. The fourth-order valence-corrected chi connectivity index (χ4v) is 2.80. The van der Waals surface area contributed by atoms with E-state index in [1.54, 1.807) is 12.1 Å². The lowest BCUT2D eigenvalue weighted by molar-refractivity contribution is -0.120. The molecule has 3 rings (SSSR count). The normalized spacial score (nSPS) is 12.7. The van der Waals surface area contributed by atoms with Gasteiger partial charge in [0.25, 0.3) is 0 Å². The van der Waals surface area contributed by atoms with Crippen molar-refractivity contribution < 1.29 is 24.2 Å². The molecule has 6 heteroatoms. The van der Waals surface area contributed by atoms with Crippen LogP contribution >= 0.6 is 0 Å². The van der Waals surface area contributed by atoms with Gasteiger partial charge in [0.05, 0.1) is 12.0 Å². The third-order valence-corrected chi connectivity index (χ3v) is 4.42. The van der Waals surface area contributed by atoms with Crippen LogP contribution in [0.1, 0.15) is 35.3 Å². The molecule has 1 aliphatic heterocycles. The quantitative estimate of drug-likeness (QED) is 0.832. The smallest absolute Gasteiger partial charge is 0.335 e. The summed E-state index contributed by atoms with van der Waals surface area (Å²) in [5.74, 6) is 0.289. The molecule has 2 N–H and O–H groups in total. The Hall–Kier alpha value is -3.02. The van der Waals surface area contributed by atoms with Gasteiger partial charge < -0.3 is 19.9 Å². The van der Waals surface area contributed by atoms with Gasteiger partial charge in [-0.1, -0.05) is 32.0 Å². The molecule has 1 amide bonds. The number of nitrogens with one attached hydrogen (secondary N) is 1. The number of rotatable bonds is 6. The van der Waals surface area contributed by atoms with Gasteiger partial charge >= 0.3 is 5.97 Å². The van der Waals surface area contributed by atoms with E-state index in [9.17, 15) is 9.59 Å². The van der Waals surface area contributed by atoms with E-state index in [4.69, 9.17) is 14.6 Å². The van der Waals surface area contributed by atoms with Crippen molar-refractivity contribution in [3.63, 3.8) is 0 Å². The summed E-state index contributed by atoms with van der Waals surface area (Å²) in [6.45, 7) is 4.75. The van der Waals surface area contributed by atoms with E-state index in [1.165, 1.54) is 12.1 Å². The third kappa shape index (κ3) is 3.96. The number of benzene rings is 2. The minimum atomic E-state index is -1.00. The van der Waals surface area contributed by atoms with Gasteiger partial charge in [-0.3, -0.25) is 4.79 Å². The molecule has 2 aromatic carbocycles. The second kappa shape index (κ2) is 7.07. The van der Waals surface area contributed by atoms with Crippen LogP contribution in [0.15, 0.2) is 42.5 Å². The average Bonchev–Trinajstić information content (AvgIpc) is 3.08. The maximum absolute atomic E-state index is 12.3. The first-order chi connectivity index (χ1) is 12.3. The lowest BCUT2D eigenvalue weighted by Gasteiger charge is -2.26. The number of aromatic carboxylic acids is 1. The molecule has 0 saturated heterocycles. The highest BCUT2D eigenvalue weighted by atomic mass is 16.7. The molecule has 26 heavy (non-hydrogen) atoms. The van der Waals surface area contributed by atoms with Gasteiger partial charge in [-0.15, -0.1) is 0 Å². The molecule has 0 saturated carbocycles. The minimum Gasteiger partial charge on any atom is -0.478 e. The molecule has 0 bridgehead atoms. The molecule has 0 fully saturated rings. The Morgan fingerprint density at radius 1 is 1.12 bits per heavy atom. The van der Waals surface area contributed by atoms with Gasteiger partial charge in [0.2, 0.25) is 12.7 Å². The Bertz CT molecular complexity index is 844. The van der Waals surface area contributed by atoms with E-state index in [2.05, 4.69) is 5.32 Å². The summed E-state index contributed by atoms with van der Waals surface area (Å²) >= 11 is 0. The topological polar surface area (TPSA) is 84.9 Å². The molecule has 0 spiro atoms.